The minimum absolute atomic E-state index is 0.0636. The van der Waals surface area contributed by atoms with Crippen molar-refractivity contribution in [2.75, 3.05) is 13.2 Å². The average Bonchev–Trinajstić information content (AvgIpc) is 2.43. The first kappa shape index (κ1) is 15.7. The highest BCUT2D eigenvalue weighted by atomic mass is 32.2. The third-order valence-corrected chi connectivity index (χ3v) is 4.24. The molecule has 1 aromatic carbocycles. The van der Waals surface area contributed by atoms with Crippen LogP contribution in [0, 0.1) is 0 Å². The summed E-state index contributed by atoms with van der Waals surface area (Å²) in [6.07, 6.45) is 2.77. The minimum Gasteiger partial charge on any atom is -0.395 e. The molecule has 0 heterocycles. The third-order valence-electron chi connectivity index (χ3n) is 3.53. The lowest BCUT2D eigenvalue weighted by molar-refractivity contribution is 0.159. The summed E-state index contributed by atoms with van der Waals surface area (Å²) < 4.78 is 24.8. The summed E-state index contributed by atoms with van der Waals surface area (Å²) in [6.45, 7) is -0.247. The van der Waals surface area contributed by atoms with Gasteiger partial charge in [-0.25, -0.2) is 0 Å². The lowest BCUT2D eigenvalue weighted by atomic mass is 9.87. The molecule has 0 spiro atoms. The van der Waals surface area contributed by atoms with Crippen LogP contribution in [0.1, 0.15) is 30.0 Å². The summed E-state index contributed by atoms with van der Waals surface area (Å²) in [6, 6.07) is 5.13. The van der Waals surface area contributed by atoms with Crippen LogP contribution >= 0.6 is 11.8 Å². The quantitative estimate of drug-likeness (QED) is 0.706. The molecular formula is C14H19F2NO2S. The van der Waals surface area contributed by atoms with Crippen LogP contribution in [0.25, 0.3) is 0 Å². The minimum atomic E-state index is -2.40. The van der Waals surface area contributed by atoms with Crippen molar-refractivity contribution < 1.29 is 19.0 Å². The van der Waals surface area contributed by atoms with Gasteiger partial charge in [-0.05, 0) is 42.5 Å². The molecule has 1 aromatic rings. The van der Waals surface area contributed by atoms with Gasteiger partial charge in [0, 0.05) is 10.9 Å². The monoisotopic (exact) mass is 303 g/mol. The Bertz CT molecular complexity index is 441. The molecule has 1 aliphatic carbocycles. The van der Waals surface area contributed by atoms with Crippen molar-refractivity contribution in [1.29, 1.82) is 0 Å². The first-order valence-corrected chi connectivity index (χ1v) is 7.57. The number of thioether (sulfide) groups is 1. The fraction of sp³-hybridized carbons (Fsp3) is 0.571. The molecule has 0 aliphatic heterocycles. The molecule has 3 N–H and O–H groups in total. The van der Waals surface area contributed by atoms with Crippen LogP contribution in [0.3, 0.4) is 0 Å². The normalized spacial score (nSPS) is 18.6. The second kappa shape index (κ2) is 7.36. The maximum Gasteiger partial charge on any atom is 0.288 e. The molecule has 0 aromatic heterocycles. The van der Waals surface area contributed by atoms with E-state index in [-0.39, 0.29) is 25.3 Å². The average molecular weight is 303 g/mol. The Morgan fingerprint density at radius 1 is 1.30 bits per heavy atom. The number of rotatable bonds is 6. The Hall–Kier alpha value is -0.690. The predicted molar refractivity (Wildman–Crippen MR) is 75.1 cm³/mol. The summed E-state index contributed by atoms with van der Waals surface area (Å²) in [7, 11) is 0. The van der Waals surface area contributed by atoms with Crippen LogP contribution < -0.4 is 5.32 Å². The molecule has 1 atom stereocenters. The summed E-state index contributed by atoms with van der Waals surface area (Å²) in [5.74, 6) is -2.40. The topological polar surface area (TPSA) is 52.5 Å². The van der Waals surface area contributed by atoms with E-state index in [4.69, 9.17) is 10.2 Å². The summed E-state index contributed by atoms with van der Waals surface area (Å²) in [5.41, 5.74) is 2.16. The molecule has 0 bridgehead atoms. The standard InChI is InChI=1S/C14H19F2NO2S/c15-14(16)20-11-4-5-12-9(6-11)2-1-3-13(12)17-10(7-18)8-19/h4-6,10,13-14,17-19H,1-3,7-8H2/t13-/m0/s1. The molecule has 20 heavy (non-hydrogen) atoms. The zero-order valence-corrected chi connectivity index (χ0v) is 11.9. The number of alkyl halides is 2. The third kappa shape index (κ3) is 3.91. The zero-order valence-electron chi connectivity index (χ0n) is 11.1. The van der Waals surface area contributed by atoms with Gasteiger partial charge in [0.25, 0.3) is 5.76 Å². The van der Waals surface area contributed by atoms with Crippen molar-refractivity contribution in [2.24, 2.45) is 0 Å². The highest BCUT2D eigenvalue weighted by molar-refractivity contribution is 7.99. The lowest BCUT2D eigenvalue weighted by Crippen LogP contribution is -2.39. The van der Waals surface area contributed by atoms with Gasteiger partial charge in [-0.15, -0.1) is 0 Å². The largest absolute Gasteiger partial charge is 0.395 e. The molecule has 0 amide bonds. The molecule has 0 radical (unpaired) electrons. The van der Waals surface area contributed by atoms with E-state index >= 15 is 0 Å². The Balaban J connectivity index is 2.14. The lowest BCUT2D eigenvalue weighted by Gasteiger charge is -2.29. The molecule has 0 saturated carbocycles. The second-order valence-corrected chi connectivity index (χ2v) is 5.98. The van der Waals surface area contributed by atoms with Gasteiger partial charge in [0.05, 0.1) is 19.3 Å². The molecule has 0 unspecified atom stereocenters. The number of halogens is 2. The Morgan fingerprint density at radius 2 is 2.05 bits per heavy atom. The summed E-state index contributed by atoms with van der Waals surface area (Å²) >= 11 is 0.562. The van der Waals surface area contributed by atoms with Crippen molar-refractivity contribution in [2.45, 2.75) is 42.0 Å². The SMILES string of the molecule is OCC(CO)N[C@H]1CCCc2cc(SC(F)F)ccc21. The van der Waals surface area contributed by atoms with Crippen molar-refractivity contribution in [3.05, 3.63) is 29.3 Å². The number of benzene rings is 1. The highest BCUT2D eigenvalue weighted by Crippen LogP contribution is 2.34. The molecular weight excluding hydrogens is 284 g/mol. The van der Waals surface area contributed by atoms with E-state index in [9.17, 15) is 8.78 Å². The van der Waals surface area contributed by atoms with Gasteiger partial charge in [0.1, 0.15) is 0 Å². The number of hydrogen-bond acceptors (Lipinski definition) is 4. The number of nitrogens with one attached hydrogen (secondary N) is 1. The Labute approximate surface area is 121 Å². The fourth-order valence-electron chi connectivity index (χ4n) is 2.59. The molecule has 0 saturated heterocycles. The number of fused-ring (bicyclic) bond motifs is 1. The van der Waals surface area contributed by atoms with E-state index in [0.717, 1.165) is 30.4 Å². The van der Waals surface area contributed by atoms with Gasteiger partial charge < -0.3 is 15.5 Å². The van der Waals surface area contributed by atoms with Crippen LogP contribution in [-0.4, -0.2) is 35.2 Å². The van der Waals surface area contributed by atoms with Gasteiger partial charge in [0.2, 0.25) is 0 Å². The number of aryl methyl sites for hydroxylation is 1. The van der Waals surface area contributed by atoms with Gasteiger partial charge in [-0.3, -0.25) is 0 Å². The first-order chi connectivity index (χ1) is 9.63. The molecule has 6 heteroatoms. The molecule has 2 rings (SSSR count). The van der Waals surface area contributed by atoms with Crippen LogP contribution in [-0.2, 0) is 6.42 Å². The van der Waals surface area contributed by atoms with E-state index < -0.39 is 5.76 Å². The molecule has 1 aliphatic rings. The number of hydrogen-bond donors (Lipinski definition) is 3. The first-order valence-electron chi connectivity index (χ1n) is 6.69. The van der Waals surface area contributed by atoms with E-state index in [1.54, 1.807) is 6.07 Å². The smallest absolute Gasteiger partial charge is 0.288 e. The van der Waals surface area contributed by atoms with E-state index in [0.29, 0.717) is 16.7 Å². The molecule has 112 valence electrons. The maximum atomic E-state index is 12.4. The Kier molecular flexibility index (Phi) is 5.77. The van der Waals surface area contributed by atoms with Crippen molar-refractivity contribution in [3.8, 4) is 0 Å². The van der Waals surface area contributed by atoms with Crippen LogP contribution in [0.15, 0.2) is 23.1 Å². The van der Waals surface area contributed by atoms with Crippen LogP contribution in [0.4, 0.5) is 8.78 Å². The van der Waals surface area contributed by atoms with Gasteiger partial charge >= 0.3 is 0 Å². The Morgan fingerprint density at radius 3 is 2.70 bits per heavy atom. The van der Waals surface area contributed by atoms with Crippen LogP contribution in [0.5, 0.6) is 0 Å². The number of aliphatic hydroxyl groups is 2. The summed E-state index contributed by atoms with van der Waals surface area (Å²) in [5, 5.41) is 21.5. The van der Waals surface area contributed by atoms with Gasteiger partial charge in [-0.2, -0.15) is 8.78 Å². The zero-order chi connectivity index (χ0) is 14.5. The summed E-state index contributed by atoms with van der Waals surface area (Å²) in [4.78, 5) is 0.584. The van der Waals surface area contributed by atoms with E-state index in [1.165, 1.54) is 0 Å². The van der Waals surface area contributed by atoms with Crippen molar-refractivity contribution in [3.63, 3.8) is 0 Å². The predicted octanol–water partition coefficient (Wildman–Crippen LogP) is 2.32. The maximum absolute atomic E-state index is 12.4. The fourth-order valence-corrected chi connectivity index (χ4v) is 3.15. The molecule has 0 fully saturated rings. The van der Waals surface area contributed by atoms with Crippen molar-refractivity contribution >= 4 is 11.8 Å². The number of aliphatic hydroxyl groups excluding tert-OH is 2. The van der Waals surface area contributed by atoms with Gasteiger partial charge in [0.15, 0.2) is 0 Å². The van der Waals surface area contributed by atoms with E-state index in [2.05, 4.69) is 5.32 Å². The second-order valence-electron chi connectivity index (χ2n) is 4.91. The van der Waals surface area contributed by atoms with Crippen LogP contribution in [0.2, 0.25) is 0 Å². The van der Waals surface area contributed by atoms with E-state index in [1.807, 2.05) is 12.1 Å². The van der Waals surface area contributed by atoms with Crippen molar-refractivity contribution in [1.82, 2.24) is 5.32 Å². The highest BCUT2D eigenvalue weighted by Gasteiger charge is 2.23. The molecule has 3 nitrogen and oxygen atoms in total. The van der Waals surface area contributed by atoms with Gasteiger partial charge in [-0.1, -0.05) is 17.8 Å².